The Labute approximate surface area is 251 Å². The fraction of sp³-hybridized carbons (Fsp3) is 0.353. The molecule has 224 valence electrons. The van der Waals surface area contributed by atoms with Gasteiger partial charge in [-0.25, -0.2) is 0 Å². The van der Waals surface area contributed by atoms with E-state index in [9.17, 15) is 14.7 Å². The third kappa shape index (κ3) is 5.96. The lowest BCUT2D eigenvalue weighted by Gasteiger charge is -2.31. The van der Waals surface area contributed by atoms with Gasteiger partial charge in [-0.15, -0.1) is 0 Å². The highest BCUT2D eigenvalue weighted by molar-refractivity contribution is 6.46. The number of ketones is 1. The molecule has 9 heteroatoms. The largest absolute Gasteiger partial charge is 0.507 e. The van der Waals surface area contributed by atoms with E-state index in [-0.39, 0.29) is 17.4 Å². The minimum Gasteiger partial charge on any atom is -0.507 e. The first-order valence-electron chi connectivity index (χ1n) is 14.7. The zero-order valence-electron chi connectivity index (χ0n) is 24.5. The number of benzene rings is 3. The monoisotopic (exact) mass is 584 g/mol. The van der Waals surface area contributed by atoms with Crippen molar-refractivity contribution in [3.8, 4) is 17.2 Å². The molecule has 3 aromatic carbocycles. The van der Waals surface area contributed by atoms with E-state index in [1.807, 2.05) is 49.4 Å². The minimum atomic E-state index is -0.804. The third-order valence-electron chi connectivity index (χ3n) is 8.21. The van der Waals surface area contributed by atoms with E-state index >= 15 is 0 Å². The number of carbonyl (C=O) groups excluding carboxylic acids is 2. The summed E-state index contributed by atoms with van der Waals surface area (Å²) in [7, 11) is 1.55. The van der Waals surface area contributed by atoms with E-state index in [1.165, 1.54) is 0 Å². The lowest BCUT2D eigenvalue weighted by Crippen LogP contribution is -2.42. The summed E-state index contributed by atoms with van der Waals surface area (Å²) in [6.07, 6.45) is 0.739. The van der Waals surface area contributed by atoms with Crippen LogP contribution in [-0.4, -0.2) is 79.2 Å². The van der Waals surface area contributed by atoms with Crippen LogP contribution in [0.5, 0.6) is 17.2 Å². The molecule has 1 N–H and O–H groups in total. The van der Waals surface area contributed by atoms with Gasteiger partial charge in [-0.05, 0) is 53.9 Å². The topological polar surface area (TPSA) is 97.8 Å². The van der Waals surface area contributed by atoms with Crippen molar-refractivity contribution in [3.63, 3.8) is 0 Å². The second-order valence-corrected chi connectivity index (χ2v) is 11.1. The molecule has 0 aromatic heterocycles. The summed E-state index contributed by atoms with van der Waals surface area (Å²) in [6.45, 7) is 6.01. The average Bonchev–Trinajstić information content (AvgIpc) is 3.54. The van der Waals surface area contributed by atoms with Crippen LogP contribution >= 0.6 is 0 Å². The maximum absolute atomic E-state index is 13.6. The number of ether oxygens (including phenoxy) is 4. The SMILES string of the molecule is COc1cc(C2/C(=C(/O)c3ccc4c(c3)CC(C)O4)C(=O)C(=O)N2CCN2CCOCC2)ccc1OCc1ccccc1. The Hall–Kier alpha value is -4.34. The van der Waals surface area contributed by atoms with Crippen molar-refractivity contribution in [3.05, 3.63) is 94.6 Å². The number of carbonyl (C=O) groups is 2. The van der Waals surface area contributed by atoms with Crippen LogP contribution in [0.4, 0.5) is 0 Å². The number of aliphatic hydroxyl groups excluding tert-OH is 1. The Balaban J connectivity index is 1.36. The van der Waals surface area contributed by atoms with E-state index in [0.29, 0.717) is 62.0 Å². The lowest BCUT2D eigenvalue weighted by molar-refractivity contribution is -0.140. The zero-order valence-corrected chi connectivity index (χ0v) is 24.5. The molecular formula is C34H36N2O7. The molecule has 2 atom stereocenters. The van der Waals surface area contributed by atoms with E-state index in [4.69, 9.17) is 18.9 Å². The Morgan fingerprint density at radius 2 is 1.77 bits per heavy atom. The number of hydrogen-bond acceptors (Lipinski definition) is 8. The van der Waals surface area contributed by atoms with Crippen LogP contribution in [0.1, 0.15) is 35.2 Å². The summed E-state index contributed by atoms with van der Waals surface area (Å²) in [5, 5.41) is 11.6. The number of Topliss-reactive ketones (excluding diaryl/α,β-unsaturated/α-hetero) is 1. The Bertz CT molecular complexity index is 1530. The molecule has 3 heterocycles. The number of hydrogen-bond donors (Lipinski definition) is 1. The van der Waals surface area contributed by atoms with E-state index in [1.54, 1.807) is 36.3 Å². The van der Waals surface area contributed by atoms with Crippen LogP contribution < -0.4 is 14.2 Å². The first kappa shape index (κ1) is 28.8. The highest BCUT2D eigenvalue weighted by Gasteiger charge is 2.46. The van der Waals surface area contributed by atoms with Gasteiger partial charge in [0, 0.05) is 38.2 Å². The molecule has 0 aliphatic carbocycles. The molecule has 0 bridgehead atoms. The normalized spacial score (nSPS) is 21.5. The van der Waals surface area contributed by atoms with E-state index in [0.717, 1.165) is 30.0 Å². The second kappa shape index (κ2) is 12.5. The van der Waals surface area contributed by atoms with Gasteiger partial charge in [0.15, 0.2) is 11.5 Å². The van der Waals surface area contributed by atoms with Gasteiger partial charge < -0.3 is 29.0 Å². The molecule has 1 amide bonds. The number of fused-ring (bicyclic) bond motifs is 1. The number of nitrogens with zero attached hydrogens (tertiary/aromatic N) is 2. The molecule has 9 nitrogen and oxygen atoms in total. The number of rotatable bonds is 9. The lowest BCUT2D eigenvalue weighted by atomic mass is 9.94. The van der Waals surface area contributed by atoms with Gasteiger partial charge in [0.2, 0.25) is 0 Å². The summed E-state index contributed by atoms with van der Waals surface area (Å²) in [4.78, 5) is 30.9. The number of aliphatic hydroxyl groups is 1. The van der Waals surface area contributed by atoms with Crippen LogP contribution in [0, 0.1) is 0 Å². The predicted octanol–water partition coefficient (Wildman–Crippen LogP) is 4.35. The van der Waals surface area contributed by atoms with Gasteiger partial charge in [-0.3, -0.25) is 14.5 Å². The van der Waals surface area contributed by atoms with Crippen molar-refractivity contribution in [1.29, 1.82) is 0 Å². The number of methoxy groups -OCH3 is 1. The van der Waals surface area contributed by atoms with Crippen LogP contribution in [0.2, 0.25) is 0 Å². The maximum atomic E-state index is 13.6. The molecule has 43 heavy (non-hydrogen) atoms. The predicted molar refractivity (Wildman–Crippen MR) is 160 cm³/mol. The molecule has 0 radical (unpaired) electrons. The molecule has 3 aliphatic rings. The molecule has 2 unspecified atom stereocenters. The van der Waals surface area contributed by atoms with Crippen LogP contribution in [0.25, 0.3) is 5.76 Å². The molecule has 2 saturated heterocycles. The summed E-state index contributed by atoms with van der Waals surface area (Å²) in [5.41, 5.74) is 3.14. The van der Waals surface area contributed by atoms with Gasteiger partial charge in [-0.1, -0.05) is 36.4 Å². The standard InChI is InChI=1S/C34H36N2O7/c1-22-18-26-19-25(9-10-27(26)43-22)32(37)30-31(36(34(39)33(30)38)13-12-35-14-16-41-17-15-35)24-8-11-28(29(20-24)40-2)42-21-23-6-4-3-5-7-23/h3-11,19-20,22,31,37H,12-18,21H2,1-2H3/b32-30-. The summed E-state index contributed by atoms with van der Waals surface area (Å²) < 4.78 is 23.0. The van der Waals surface area contributed by atoms with Gasteiger partial charge in [0.25, 0.3) is 11.7 Å². The Kier molecular flexibility index (Phi) is 8.35. The fourth-order valence-electron chi connectivity index (χ4n) is 5.96. The smallest absolute Gasteiger partial charge is 0.295 e. The van der Waals surface area contributed by atoms with Crippen LogP contribution in [-0.2, 0) is 27.4 Å². The Morgan fingerprint density at radius 3 is 2.53 bits per heavy atom. The molecule has 3 aliphatic heterocycles. The Morgan fingerprint density at radius 1 is 0.977 bits per heavy atom. The van der Waals surface area contributed by atoms with Crippen molar-refractivity contribution >= 4 is 17.4 Å². The zero-order chi connectivity index (χ0) is 29.9. The maximum Gasteiger partial charge on any atom is 0.295 e. The summed E-state index contributed by atoms with van der Waals surface area (Å²) in [5.74, 6) is 0.216. The summed E-state index contributed by atoms with van der Waals surface area (Å²) in [6, 6.07) is 19.8. The number of likely N-dealkylation sites (tertiary alicyclic amines) is 1. The molecule has 3 aromatic rings. The quantitative estimate of drug-likeness (QED) is 0.225. The molecule has 0 saturated carbocycles. The van der Waals surface area contributed by atoms with Crippen LogP contribution in [0.15, 0.2) is 72.3 Å². The van der Waals surface area contributed by atoms with Crippen molar-refractivity contribution in [2.75, 3.05) is 46.5 Å². The minimum absolute atomic E-state index is 0.0354. The van der Waals surface area contributed by atoms with Crippen molar-refractivity contribution < 1.29 is 33.6 Å². The van der Waals surface area contributed by atoms with Gasteiger partial charge in [-0.2, -0.15) is 0 Å². The number of amides is 1. The van der Waals surface area contributed by atoms with E-state index in [2.05, 4.69) is 4.90 Å². The summed E-state index contributed by atoms with van der Waals surface area (Å²) >= 11 is 0. The molecular weight excluding hydrogens is 548 g/mol. The van der Waals surface area contributed by atoms with Crippen molar-refractivity contribution in [2.45, 2.75) is 32.1 Å². The highest BCUT2D eigenvalue weighted by Crippen LogP contribution is 2.43. The van der Waals surface area contributed by atoms with Crippen LogP contribution in [0.3, 0.4) is 0 Å². The first-order valence-corrected chi connectivity index (χ1v) is 14.7. The first-order chi connectivity index (χ1) is 20.9. The molecule has 2 fully saturated rings. The van der Waals surface area contributed by atoms with E-state index < -0.39 is 17.7 Å². The second-order valence-electron chi connectivity index (χ2n) is 11.1. The highest BCUT2D eigenvalue weighted by atomic mass is 16.5. The average molecular weight is 585 g/mol. The van der Waals surface area contributed by atoms with Crippen molar-refractivity contribution in [2.24, 2.45) is 0 Å². The van der Waals surface area contributed by atoms with Gasteiger partial charge in [0.1, 0.15) is 24.2 Å². The molecule has 6 rings (SSSR count). The van der Waals surface area contributed by atoms with Gasteiger partial charge in [0.05, 0.1) is 31.9 Å². The van der Waals surface area contributed by atoms with Gasteiger partial charge >= 0.3 is 0 Å². The fourth-order valence-corrected chi connectivity index (χ4v) is 5.96. The molecule has 0 spiro atoms. The van der Waals surface area contributed by atoms with Crippen molar-refractivity contribution in [1.82, 2.24) is 9.80 Å². The third-order valence-corrected chi connectivity index (χ3v) is 8.21. The number of morpholine rings is 1.